The minimum absolute atomic E-state index is 0.161. The van der Waals surface area contributed by atoms with Crippen molar-refractivity contribution in [3.05, 3.63) is 35.4 Å². The van der Waals surface area contributed by atoms with Crippen LogP contribution in [0.25, 0.3) is 0 Å². The molecule has 0 aliphatic rings. The van der Waals surface area contributed by atoms with Crippen LogP contribution in [0.4, 0.5) is 0 Å². The van der Waals surface area contributed by atoms with Crippen LogP contribution in [-0.4, -0.2) is 24.5 Å². The van der Waals surface area contributed by atoms with E-state index >= 15 is 0 Å². The number of methoxy groups -OCH3 is 1. The highest BCUT2D eigenvalue weighted by Gasteiger charge is 2.28. The molecule has 0 saturated carbocycles. The van der Waals surface area contributed by atoms with E-state index in [0.29, 0.717) is 12.0 Å². The number of ether oxygens (including phenoxy) is 1. The highest BCUT2D eigenvalue weighted by Crippen LogP contribution is 2.17. The summed E-state index contributed by atoms with van der Waals surface area (Å²) >= 11 is 0. The first-order chi connectivity index (χ1) is 8.91. The zero-order chi connectivity index (χ0) is 14.5. The molecule has 0 bridgehead atoms. The summed E-state index contributed by atoms with van der Waals surface area (Å²) < 4.78 is 4.67. The molecule has 19 heavy (non-hydrogen) atoms. The third-order valence-electron chi connectivity index (χ3n) is 3.35. The van der Waals surface area contributed by atoms with E-state index in [0.717, 1.165) is 5.56 Å². The Morgan fingerprint density at radius 2 is 1.95 bits per heavy atom. The molecular formula is C15H21NO3. The monoisotopic (exact) mass is 263 g/mol. The Bertz CT molecular complexity index is 470. The maximum Gasteiger partial charge on any atom is 0.307 e. The van der Waals surface area contributed by atoms with Crippen molar-refractivity contribution in [3.63, 3.8) is 0 Å². The van der Waals surface area contributed by atoms with Gasteiger partial charge in [-0.05, 0) is 31.9 Å². The van der Waals surface area contributed by atoms with Crippen molar-refractivity contribution in [3.8, 4) is 0 Å². The van der Waals surface area contributed by atoms with E-state index in [2.05, 4.69) is 10.1 Å². The molecule has 0 aliphatic heterocycles. The van der Waals surface area contributed by atoms with Gasteiger partial charge in [-0.2, -0.15) is 0 Å². The quantitative estimate of drug-likeness (QED) is 0.830. The average molecular weight is 263 g/mol. The second kappa shape index (κ2) is 6.36. The van der Waals surface area contributed by atoms with Gasteiger partial charge >= 0.3 is 5.97 Å². The Morgan fingerprint density at radius 3 is 2.47 bits per heavy atom. The predicted molar refractivity (Wildman–Crippen MR) is 74.0 cm³/mol. The number of amides is 1. The normalized spacial score (nSPS) is 13.5. The fraction of sp³-hybridized carbons (Fsp3) is 0.467. The minimum atomic E-state index is -0.591. The number of esters is 1. The number of rotatable bonds is 5. The number of carbonyl (C=O) groups is 2. The highest BCUT2D eigenvalue weighted by molar-refractivity contribution is 5.96. The van der Waals surface area contributed by atoms with E-state index in [1.807, 2.05) is 39.0 Å². The number of aryl methyl sites for hydroxylation is 1. The molecule has 1 rings (SSSR count). The SMILES string of the molecule is CCC(C)(CC(=O)OC)NC(=O)c1ccccc1C. The lowest BCUT2D eigenvalue weighted by atomic mass is 9.93. The van der Waals surface area contributed by atoms with Crippen LogP contribution < -0.4 is 5.32 Å². The molecule has 1 aromatic rings. The second-order valence-corrected chi connectivity index (χ2v) is 4.94. The Morgan fingerprint density at radius 1 is 1.32 bits per heavy atom. The Hall–Kier alpha value is -1.84. The average Bonchev–Trinajstić information content (AvgIpc) is 2.38. The predicted octanol–water partition coefficient (Wildman–Crippen LogP) is 2.46. The molecule has 104 valence electrons. The molecule has 1 unspecified atom stereocenters. The number of benzene rings is 1. The lowest BCUT2D eigenvalue weighted by Crippen LogP contribution is -2.47. The van der Waals surface area contributed by atoms with Crippen LogP contribution in [0.3, 0.4) is 0 Å². The van der Waals surface area contributed by atoms with E-state index < -0.39 is 5.54 Å². The maximum absolute atomic E-state index is 12.2. The van der Waals surface area contributed by atoms with Crippen LogP contribution in [0.2, 0.25) is 0 Å². The first-order valence-corrected chi connectivity index (χ1v) is 6.37. The van der Waals surface area contributed by atoms with Gasteiger partial charge in [0.2, 0.25) is 0 Å². The minimum Gasteiger partial charge on any atom is -0.469 e. The Balaban J connectivity index is 2.84. The summed E-state index contributed by atoms with van der Waals surface area (Å²) in [6, 6.07) is 7.38. The molecule has 0 aliphatic carbocycles. The molecule has 4 nitrogen and oxygen atoms in total. The van der Waals surface area contributed by atoms with Crippen LogP contribution >= 0.6 is 0 Å². The Labute approximate surface area is 114 Å². The van der Waals surface area contributed by atoms with Gasteiger partial charge in [-0.15, -0.1) is 0 Å². The van der Waals surface area contributed by atoms with Crippen molar-refractivity contribution in [2.24, 2.45) is 0 Å². The van der Waals surface area contributed by atoms with Gasteiger partial charge in [-0.1, -0.05) is 25.1 Å². The fourth-order valence-electron chi connectivity index (χ4n) is 1.82. The molecule has 0 aromatic heterocycles. The lowest BCUT2D eigenvalue weighted by Gasteiger charge is -2.28. The topological polar surface area (TPSA) is 55.4 Å². The van der Waals surface area contributed by atoms with Crippen LogP contribution in [0, 0.1) is 6.92 Å². The molecule has 0 heterocycles. The number of carbonyl (C=O) groups excluding carboxylic acids is 2. The van der Waals surface area contributed by atoms with Crippen LogP contribution in [0.1, 0.15) is 42.6 Å². The fourth-order valence-corrected chi connectivity index (χ4v) is 1.82. The molecule has 1 amide bonds. The molecule has 0 spiro atoms. The van der Waals surface area contributed by atoms with Gasteiger partial charge in [-0.25, -0.2) is 0 Å². The summed E-state index contributed by atoms with van der Waals surface area (Å²) in [5.41, 5.74) is 0.954. The molecule has 1 atom stereocenters. The summed E-state index contributed by atoms with van der Waals surface area (Å²) in [7, 11) is 1.35. The van der Waals surface area contributed by atoms with Gasteiger partial charge in [0, 0.05) is 11.1 Å². The summed E-state index contributed by atoms with van der Waals surface area (Å²) in [6.07, 6.45) is 0.817. The van der Waals surface area contributed by atoms with Gasteiger partial charge in [0.1, 0.15) is 0 Å². The highest BCUT2D eigenvalue weighted by atomic mass is 16.5. The number of nitrogens with one attached hydrogen (secondary N) is 1. The van der Waals surface area contributed by atoms with Crippen molar-refractivity contribution >= 4 is 11.9 Å². The Kier molecular flexibility index (Phi) is 5.10. The van der Waals surface area contributed by atoms with Crippen LogP contribution in [0.5, 0.6) is 0 Å². The van der Waals surface area contributed by atoms with Gasteiger partial charge < -0.3 is 10.1 Å². The van der Waals surface area contributed by atoms with E-state index in [1.165, 1.54) is 7.11 Å². The van der Waals surface area contributed by atoms with Gasteiger partial charge in [0.15, 0.2) is 0 Å². The molecule has 1 N–H and O–H groups in total. The number of hydrogen-bond acceptors (Lipinski definition) is 3. The zero-order valence-electron chi connectivity index (χ0n) is 11.9. The lowest BCUT2D eigenvalue weighted by molar-refractivity contribution is -0.142. The molecule has 0 saturated heterocycles. The second-order valence-electron chi connectivity index (χ2n) is 4.94. The van der Waals surface area contributed by atoms with Crippen LogP contribution in [-0.2, 0) is 9.53 Å². The summed E-state index contributed by atoms with van der Waals surface area (Å²) in [4.78, 5) is 23.6. The molecule has 0 fully saturated rings. The first-order valence-electron chi connectivity index (χ1n) is 6.37. The van der Waals surface area contributed by atoms with Gasteiger partial charge in [0.25, 0.3) is 5.91 Å². The number of hydrogen-bond donors (Lipinski definition) is 1. The van der Waals surface area contributed by atoms with Gasteiger partial charge in [-0.3, -0.25) is 9.59 Å². The summed E-state index contributed by atoms with van der Waals surface area (Å²) in [6.45, 7) is 5.67. The largest absolute Gasteiger partial charge is 0.469 e. The van der Waals surface area contributed by atoms with E-state index in [1.54, 1.807) is 6.07 Å². The van der Waals surface area contributed by atoms with Crippen molar-refractivity contribution in [2.75, 3.05) is 7.11 Å². The third-order valence-corrected chi connectivity index (χ3v) is 3.35. The van der Waals surface area contributed by atoms with Crippen molar-refractivity contribution in [1.29, 1.82) is 0 Å². The maximum atomic E-state index is 12.2. The van der Waals surface area contributed by atoms with Crippen molar-refractivity contribution in [2.45, 2.75) is 39.2 Å². The zero-order valence-corrected chi connectivity index (χ0v) is 11.9. The smallest absolute Gasteiger partial charge is 0.307 e. The third kappa shape index (κ3) is 4.09. The molecule has 0 radical (unpaired) electrons. The molecule has 4 heteroatoms. The van der Waals surface area contributed by atoms with E-state index in [4.69, 9.17) is 0 Å². The standard InChI is InChI=1S/C15H21NO3/c1-5-15(3,10-13(17)19-4)16-14(18)12-9-7-6-8-11(12)2/h6-9H,5,10H2,1-4H3,(H,16,18). The van der Waals surface area contributed by atoms with Crippen LogP contribution in [0.15, 0.2) is 24.3 Å². The molecular weight excluding hydrogens is 242 g/mol. The first kappa shape index (κ1) is 15.2. The van der Waals surface area contributed by atoms with E-state index in [9.17, 15) is 9.59 Å². The van der Waals surface area contributed by atoms with Crippen molar-refractivity contribution < 1.29 is 14.3 Å². The molecule has 1 aromatic carbocycles. The van der Waals surface area contributed by atoms with Crippen molar-refractivity contribution in [1.82, 2.24) is 5.32 Å². The summed E-state index contributed by atoms with van der Waals surface area (Å²) in [5.74, 6) is -0.485. The van der Waals surface area contributed by atoms with E-state index in [-0.39, 0.29) is 18.3 Å². The summed E-state index contributed by atoms with van der Waals surface area (Å²) in [5, 5.41) is 2.93. The van der Waals surface area contributed by atoms with Gasteiger partial charge in [0.05, 0.1) is 13.5 Å².